The van der Waals surface area contributed by atoms with Crippen LogP contribution >= 0.6 is 8.25 Å². The number of hydrogen-bond acceptors (Lipinski definition) is 5. The molecule has 8 heteroatoms. The summed E-state index contributed by atoms with van der Waals surface area (Å²) in [7, 11) is -3.13. The van der Waals surface area contributed by atoms with Crippen molar-refractivity contribution in [3.63, 3.8) is 0 Å². The first-order valence-corrected chi connectivity index (χ1v) is 5.31. The Hall–Kier alpha value is -0.0100. The number of aliphatic hydroxyl groups excluding tert-OH is 3. The SMILES string of the molecule is CC(O)N(CCO)CCO.O=[PH](O)O. The van der Waals surface area contributed by atoms with Crippen molar-refractivity contribution in [3.8, 4) is 0 Å². The summed E-state index contributed by atoms with van der Waals surface area (Å²) in [6.07, 6.45) is -0.598. The molecule has 88 valence electrons. The summed E-state index contributed by atoms with van der Waals surface area (Å²) in [6, 6.07) is 0. The molecule has 0 heterocycles. The molecule has 0 radical (unpaired) electrons. The van der Waals surface area contributed by atoms with Gasteiger partial charge in [0.1, 0.15) is 6.23 Å². The van der Waals surface area contributed by atoms with E-state index in [1.54, 1.807) is 11.8 Å². The molecule has 1 unspecified atom stereocenters. The van der Waals surface area contributed by atoms with Gasteiger partial charge in [-0.3, -0.25) is 9.46 Å². The zero-order valence-electron chi connectivity index (χ0n) is 8.00. The Bertz CT molecular complexity index is 134. The van der Waals surface area contributed by atoms with Gasteiger partial charge in [0.25, 0.3) is 0 Å². The van der Waals surface area contributed by atoms with Gasteiger partial charge in [0.2, 0.25) is 0 Å². The largest absolute Gasteiger partial charge is 0.395 e. The third-order valence-corrected chi connectivity index (χ3v) is 1.30. The summed E-state index contributed by atoms with van der Waals surface area (Å²) in [4.78, 5) is 15.9. The number of hydrogen-bond donors (Lipinski definition) is 5. The molecule has 0 aromatic heterocycles. The van der Waals surface area contributed by atoms with Crippen LogP contribution in [0.3, 0.4) is 0 Å². The van der Waals surface area contributed by atoms with Crippen LogP contribution in [0.1, 0.15) is 6.92 Å². The van der Waals surface area contributed by atoms with Crippen LogP contribution in [0, 0.1) is 0 Å². The van der Waals surface area contributed by atoms with E-state index in [0.29, 0.717) is 13.1 Å². The Morgan fingerprint density at radius 3 is 1.64 bits per heavy atom. The average molecular weight is 231 g/mol. The highest BCUT2D eigenvalue weighted by molar-refractivity contribution is 7.30. The van der Waals surface area contributed by atoms with Gasteiger partial charge in [0, 0.05) is 13.1 Å². The van der Waals surface area contributed by atoms with E-state index in [-0.39, 0.29) is 13.2 Å². The summed E-state index contributed by atoms with van der Waals surface area (Å²) in [5, 5.41) is 25.9. The van der Waals surface area contributed by atoms with E-state index in [4.69, 9.17) is 29.7 Å². The Balaban J connectivity index is 0. The normalized spacial score (nSPS) is 12.6. The van der Waals surface area contributed by atoms with Crippen molar-refractivity contribution in [1.82, 2.24) is 4.90 Å². The molecule has 0 aliphatic carbocycles. The van der Waals surface area contributed by atoms with Crippen molar-refractivity contribution in [2.75, 3.05) is 26.3 Å². The second-order valence-corrected chi connectivity index (χ2v) is 2.96. The maximum Gasteiger partial charge on any atom is 0.314 e. The van der Waals surface area contributed by atoms with Gasteiger partial charge >= 0.3 is 8.25 Å². The summed E-state index contributed by atoms with van der Waals surface area (Å²) < 4.78 is 8.74. The van der Waals surface area contributed by atoms with E-state index in [2.05, 4.69) is 0 Å². The van der Waals surface area contributed by atoms with Gasteiger partial charge < -0.3 is 25.1 Å². The molecule has 0 aromatic rings. The molecule has 0 bridgehead atoms. The summed E-state index contributed by atoms with van der Waals surface area (Å²) >= 11 is 0. The molecule has 0 aliphatic rings. The highest BCUT2D eigenvalue weighted by Crippen LogP contribution is 1.98. The molecule has 0 fully saturated rings. The molecular formula is C6H18NO6P. The fourth-order valence-corrected chi connectivity index (χ4v) is 0.742. The van der Waals surface area contributed by atoms with E-state index in [9.17, 15) is 0 Å². The minimum atomic E-state index is -3.13. The molecular weight excluding hydrogens is 213 g/mol. The summed E-state index contributed by atoms with van der Waals surface area (Å²) in [5.74, 6) is 0. The van der Waals surface area contributed by atoms with Crippen LogP contribution in [0.5, 0.6) is 0 Å². The van der Waals surface area contributed by atoms with Crippen LogP contribution in [-0.4, -0.2) is 62.5 Å². The maximum atomic E-state index is 8.98. The number of rotatable bonds is 5. The minimum Gasteiger partial charge on any atom is -0.395 e. The molecule has 5 N–H and O–H groups in total. The second-order valence-electron chi connectivity index (χ2n) is 2.40. The van der Waals surface area contributed by atoms with Crippen molar-refractivity contribution >= 4 is 8.25 Å². The molecule has 0 spiro atoms. The summed E-state index contributed by atoms with van der Waals surface area (Å²) in [5.41, 5.74) is 0. The molecule has 0 aromatic carbocycles. The lowest BCUT2D eigenvalue weighted by Crippen LogP contribution is -2.37. The molecule has 0 aliphatic heterocycles. The van der Waals surface area contributed by atoms with E-state index in [1.165, 1.54) is 0 Å². The monoisotopic (exact) mass is 231 g/mol. The van der Waals surface area contributed by atoms with Crippen molar-refractivity contribution in [3.05, 3.63) is 0 Å². The first-order chi connectivity index (χ1) is 6.45. The Labute approximate surface area is 83.2 Å². The fraction of sp³-hybridized carbons (Fsp3) is 1.00. The van der Waals surface area contributed by atoms with E-state index in [1.807, 2.05) is 0 Å². The van der Waals surface area contributed by atoms with Gasteiger partial charge in [-0.05, 0) is 6.92 Å². The first kappa shape index (κ1) is 16.4. The van der Waals surface area contributed by atoms with Crippen LogP contribution < -0.4 is 0 Å². The van der Waals surface area contributed by atoms with E-state index in [0.717, 1.165) is 0 Å². The highest BCUT2D eigenvalue weighted by Gasteiger charge is 2.07. The number of aliphatic hydroxyl groups is 3. The molecule has 7 nitrogen and oxygen atoms in total. The molecule has 0 saturated carbocycles. The predicted molar refractivity (Wildman–Crippen MR) is 50.9 cm³/mol. The van der Waals surface area contributed by atoms with Gasteiger partial charge in [0.05, 0.1) is 13.2 Å². The zero-order valence-corrected chi connectivity index (χ0v) is 9.00. The lowest BCUT2D eigenvalue weighted by atomic mass is 10.4. The van der Waals surface area contributed by atoms with Crippen LogP contribution in [0.15, 0.2) is 0 Å². The molecule has 0 amide bonds. The van der Waals surface area contributed by atoms with Crippen LogP contribution in [0.25, 0.3) is 0 Å². The van der Waals surface area contributed by atoms with Gasteiger partial charge in [-0.25, -0.2) is 0 Å². The summed E-state index contributed by atoms with van der Waals surface area (Å²) in [6.45, 7) is 2.41. The van der Waals surface area contributed by atoms with Gasteiger partial charge in [-0.2, -0.15) is 0 Å². The smallest absolute Gasteiger partial charge is 0.314 e. The maximum absolute atomic E-state index is 8.98. The molecule has 14 heavy (non-hydrogen) atoms. The van der Waals surface area contributed by atoms with Crippen molar-refractivity contribution in [1.29, 1.82) is 0 Å². The van der Waals surface area contributed by atoms with Crippen molar-refractivity contribution < 1.29 is 29.7 Å². The third-order valence-electron chi connectivity index (χ3n) is 1.30. The molecule has 1 atom stereocenters. The fourth-order valence-electron chi connectivity index (χ4n) is 0.742. The molecule has 0 rings (SSSR count). The minimum absolute atomic E-state index is 0.00486. The van der Waals surface area contributed by atoms with Crippen LogP contribution in [-0.2, 0) is 4.57 Å². The van der Waals surface area contributed by atoms with Gasteiger partial charge in [0.15, 0.2) is 0 Å². The first-order valence-electron chi connectivity index (χ1n) is 4.01. The van der Waals surface area contributed by atoms with E-state index >= 15 is 0 Å². The Morgan fingerprint density at radius 1 is 1.21 bits per heavy atom. The number of nitrogens with zero attached hydrogens (tertiary/aromatic N) is 1. The van der Waals surface area contributed by atoms with Gasteiger partial charge in [-0.1, -0.05) is 0 Å². The third kappa shape index (κ3) is 14.5. The zero-order chi connectivity index (χ0) is 11.6. The predicted octanol–water partition coefficient (Wildman–Crippen LogP) is -2.03. The van der Waals surface area contributed by atoms with E-state index < -0.39 is 14.5 Å². The topological polar surface area (TPSA) is 121 Å². The highest BCUT2D eigenvalue weighted by atomic mass is 31.1. The Morgan fingerprint density at radius 2 is 1.50 bits per heavy atom. The van der Waals surface area contributed by atoms with Gasteiger partial charge in [-0.15, -0.1) is 0 Å². The van der Waals surface area contributed by atoms with Crippen LogP contribution in [0.4, 0.5) is 0 Å². The lowest BCUT2D eigenvalue weighted by Gasteiger charge is -2.22. The lowest BCUT2D eigenvalue weighted by molar-refractivity contribution is -0.000790. The second kappa shape index (κ2) is 11.1. The molecule has 0 saturated heterocycles. The quantitative estimate of drug-likeness (QED) is 0.273. The average Bonchev–Trinajstić information content (AvgIpc) is 2.02. The standard InChI is InChI=1S/C6H15NO3.H3O3P/c1-6(10)7(2-4-8)3-5-9;1-4(2)3/h6,8-10H,2-5H2,1H3;4H,(H2,1,2,3). The van der Waals surface area contributed by atoms with Crippen molar-refractivity contribution in [2.24, 2.45) is 0 Å². The van der Waals surface area contributed by atoms with Crippen molar-refractivity contribution in [2.45, 2.75) is 13.2 Å². The Kier molecular flexibility index (Phi) is 13.0. The van der Waals surface area contributed by atoms with Crippen LogP contribution in [0.2, 0.25) is 0 Å².